The van der Waals surface area contributed by atoms with Crippen LogP contribution in [0.3, 0.4) is 0 Å². The second kappa shape index (κ2) is 10.0. The first-order valence-corrected chi connectivity index (χ1v) is 7.99. The Morgan fingerprint density at radius 2 is 1.96 bits per heavy atom. The van der Waals surface area contributed by atoms with Gasteiger partial charge in [0.25, 0.3) is 0 Å². The predicted molar refractivity (Wildman–Crippen MR) is 108 cm³/mol. The smallest absolute Gasteiger partial charge is 0.191 e. The van der Waals surface area contributed by atoms with Crippen LogP contribution in [0.15, 0.2) is 33.7 Å². The monoisotopic (exact) mass is 495 g/mol. The maximum Gasteiger partial charge on any atom is 0.191 e. The largest absolute Gasteiger partial charge is 0.493 e. The molecule has 1 aromatic carbocycles. The number of aliphatic imine (C=N–C) groups is 1. The normalized spacial score (nSPS) is 14.3. The van der Waals surface area contributed by atoms with Gasteiger partial charge in [-0.25, -0.2) is 0 Å². The van der Waals surface area contributed by atoms with Gasteiger partial charge in [0, 0.05) is 19.6 Å². The van der Waals surface area contributed by atoms with Crippen LogP contribution in [0.1, 0.15) is 18.4 Å². The maximum absolute atomic E-state index is 5.36. The molecular formula is C16H23BrIN3O2. The number of nitrogens with one attached hydrogen (secondary N) is 2. The molecule has 0 aromatic heterocycles. The van der Waals surface area contributed by atoms with Crippen LogP contribution in [0.5, 0.6) is 11.5 Å². The highest BCUT2D eigenvalue weighted by molar-refractivity contribution is 14.0. The van der Waals surface area contributed by atoms with E-state index >= 15 is 0 Å². The van der Waals surface area contributed by atoms with Crippen LogP contribution in [0.2, 0.25) is 0 Å². The van der Waals surface area contributed by atoms with Crippen LogP contribution in [-0.2, 0) is 6.54 Å². The molecule has 1 aliphatic rings. The molecule has 2 N–H and O–H groups in total. The molecule has 0 saturated heterocycles. The van der Waals surface area contributed by atoms with Gasteiger partial charge in [0.15, 0.2) is 17.5 Å². The van der Waals surface area contributed by atoms with Gasteiger partial charge < -0.3 is 20.1 Å². The number of rotatable bonds is 5. The highest BCUT2D eigenvalue weighted by atomic mass is 127. The summed E-state index contributed by atoms with van der Waals surface area (Å²) < 4.78 is 11.6. The number of ether oxygens (including phenoxy) is 2. The zero-order chi connectivity index (χ0) is 15.9. The summed E-state index contributed by atoms with van der Waals surface area (Å²) in [7, 11) is 5.04. The van der Waals surface area contributed by atoms with Gasteiger partial charge in [-0.15, -0.1) is 24.0 Å². The summed E-state index contributed by atoms with van der Waals surface area (Å²) >= 11 is 3.51. The summed E-state index contributed by atoms with van der Waals surface area (Å²) in [5, 5.41) is 6.73. The molecule has 0 heterocycles. The minimum absolute atomic E-state index is 0. The summed E-state index contributed by atoms with van der Waals surface area (Å²) in [5.74, 6) is 2.21. The number of hydrogen-bond acceptors (Lipinski definition) is 3. The minimum atomic E-state index is 0. The molecule has 0 spiro atoms. The fraction of sp³-hybridized carbons (Fsp3) is 0.438. The molecule has 5 nitrogen and oxygen atoms in total. The zero-order valence-corrected chi connectivity index (χ0v) is 17.5. The van der Waals surface area contributed by atoms with Crippen molar-refractivity contribution in [2.75, 3.05) is 21.3 Å². The number of methoxy groups -OCH3 is 2. The van der Waals surface area contributed by atoms with E-state index < -0.39 is 0 Å². The summed E-state index contributed by atoms with van der Waals surface area (Å²) in [6, 6.07) is 4.41. The quantitative estimate of drug-likeness (QED) is 0.284. The topological polar surface area (TPSA) is 54.9 Å². The highest BCUT2D eigenvalue weighted by Gasteiger charge is 2.13. The van der Waals surface area contributed by atoms with Crippen molar-refractivity contribution in [3.05, 3.63) is 34.3 Å². The lowest BCUT2D eigenvalue weighted by Crippen LogP contribution is -2.42. The Kier molecular flexibility index (Phi) is 8.75. The second-order valence-electron chi connectivity index (χ2n) is 5.02. The summed E-state index contributed by atoms with van der Waals surface area (Å²) in [5.41, 5.74) is 1.08. The third kappa shape index (κ3) is 5.56. The Morgan fingerprint density at radius 1 is 1.26 bits per heavy atom. The van der Waals surface area contributed by atoms with Gasteiger partial charge in [-0.05, 0) is 46.5 Å². The first-order chi connectivity index (χ1) is 10.7. The molecule has 0 bridgehead atoms. The van der Waals surface area contributed by atoms with Crippen LogP contribution in [0.4, 0.5) is 0 Å². The number of halogens is 2. The number of hydrogen-bond donors (Lipinski definition) is 2. The van der Waals surface area contributed by atoms with Gasteiger partial charge in [-0.1, -0.05) is 12.2 Å². The van der Waals surface area contributed by atoms with Crippen molar-refractivity contribution >= 4 is 45.9 Å². The van der Waals surface area contributed by atoms with E-state index in [9.17, 15) is 0 Å². The Balaban J connectivity index is 0.00000264. The van der Waals surface area contributed by atoms with Crippen LogP contribution in [0, 0.1) is 0 Å². The molecule has 0 unspecified atom stereocenters. The van der Waals surface area contributed by atoms with Gasteiger partial charge in [-0.2, -0.15) is 0 Å². The molecule has 2 rings (SSSR count). The van der Waals surface area contributed by atoms with Crippen LogP contribution < -0.4 is 20.1 Å². The molecular weight excluding hydrogens is 473 g/mol. The van der Waals surface area contributed by atoms with E-state index in [1.54, 1.807) is 21.3 Å². The fourth-order valence-electron chi connectivity index (χ4n) is 2.38. The van der Waals surface area contributed by atoms with Crippen molar-refractivity contribution < 1.29 is 9.47 Å². The third-order valence-corrected chi connectivity index (χ3v) is 4.11. The van der Waals surface area contributed by atoms with Gasteiger partial charge in [0.05, 0.1) is 18.7 Å². The van der Waals surface area contributed by atoms with E-state index in [1.807, 2.05) is 12.1 Å². The molecule has 23 heavy (non-hydrogen) atoms. The van der Waals surface area contributed by atoms with E-state index in [1.165, 1.54) is 0 Å². The summed E-state index contributed by atoms with van der Waals surface area (Å²) in [4.78, 5) is 4.26. The van der Waals surface area contributed by atoms with Crippen LogP contribution in [-0.4, -0.2) is 33.3 Å². The van der Waals surface area contributed by atoms with E-state index in [4.69, 9.17) is 9.47 Å². The maximum atomic E-state index is 5.36. The third-order valence-electron chi connectivity index (χ3n) is 3.53. The Labute approximate surface area is 163 Å². The molecule has 0 saturated carbocycles. The molecule has 0 aliphatic heterocycles. The minimum Gasteiger partial charge on any atom is -0.493 e. The van der Waals surface area contributed by atoms with Crippen molar-refractivity contribution in [1.82, 2.24) is 10.6 Å². The number of guanidine groups is 1. The highest BCUT2D eigenvalue weighted by Crippen LogP contribution is 2.36. The Bertz CT molecular complexity index is 571. The van der Waals surface area contributed by atoms with Crippen LogP contribution >= 0.6 is 39.9 Å². The molecule has 0 radical (unpaired) electrons. The van der Waals surface area contributed by atoms with Gasteiger partial charge >= 0.3 is 0 Å². The average molecular weight is 496 g/mol. The van der Waals surface area contributed by atoms with Crippen molar-refractivity contribution in [1.29, 1.82) is 0 Å². The molecule has 1 aromatic rings. The van der Waals surface area contributed by atoms with E-state index in [-0.39, 0.29) is 24.0 Å². The standard InChI is InChI=1S/C16H22BrN3O2.HI/c1-18-16(20-12-6-4-5-7-12)19-10-11-8-13(17)15(22-3)14(9-11)21-2;/h4-5,8-9,12H,6-7,10H2,1-3H3,(H2,18,19,20);1H. The Hall–Kier alpha value is -0.960. The SMILES string of the molecule is CN=C(NCc1cc(Br)c(OC)c(OC)c1)NC1CC=CC1.I. The first kappa shape index (κ1) is 20.1. The van der Waals surface area contributed by atoms with Gasteiger partial charge in [-0.3, -0.25) is 4.99 Å². The van der Waals surface area contributed by atoms with Gasteiger partial charge in [0.1, 0.15) is 0 Å². The summed E-state index contributed by atoms with van der Waals surface area (Å²) in [6.45, 7) is 0.652. The van der Waals surface area contributed by atoms with Gasteiger partial charge in [0.2, 0.25) is 0 Å². The van der Waals surface area contributed by atoms with Crippen molar-refractivity contribution in [3.8, 4) is 11.5 Å². The lowest BCUT2D eigenvalue weighted by atomic mass is 10.2. The summed E-state index contributed by atoms with van der Waals surface area (Å²) in [6.07, 6.45) is 6.47. The molecule has 0 amide bonds. The predicted octanol–water partition coefficient (Wildman–Crippen LogP) is 3.47. The lowest BCUT2D eigenvalue weighted by molar-refractivity contribution is 0.352. The van der Waals surface area contributed by atoms with E-state index in [0.717, 1.165) is 28.8 Å². The lowest BCUT2D eigenvalue weighted by Gasteiger charge is -2.17. The first-order valence-electron chi connectivity index (χ1n) is 7.20. The van der Waals surface area contributed by atoms with Crippen molar-refractivity contribution in [2.24, 2.45) is 4.99 Å². The number of benzene rings is 1. The number of nitrogens with zero attached hydrogens (tertiary/aromatic N) is 1. The second-order valence-corrected chi connectivity index (χ2v) is 5.88. The van der Waals surface area contributed by atoms with Crippen molar-refractivity contribution in [3.63, 3.8) is 0 Å². The van der Waals surface area contributed by atoms with E-state index in [2.05, 4.69) is 43.7 Å². The molecule has 0 atom stereocenters. The van der Waals surface area contributed by atoms with Crippen LogP contribution in [0.25, 0.3) is 0 Å². The molecule has 128 valence electrons. The molecule has 1 aliphatic carbocycles. The average Bonchev–Trinajstić information content (AvgIpc) is 3.03. The molecule has 0 fully saturated rings. The molecule has 7 heteroatoms. The van der Waals surface area contributed by atoms with Crippen molar-refractivity contribution in [2.45, 2.75) is 25.4 Å². The zero-order valence-electron chi connectivity index (χ0n) is 13.6. The fourth-order valence-corrected chi connectivity index (χ4v) is 3.03. The van der Waals surface area contributed by atoms with E-state index in [0.29, 0.717) is 24.1 Å². The Morgan fingerprint density at radius 3 is 2.52 bits per heavy atom.